The van der Waals surface area contributed by atoms with Crippen LogP contribution in [0.3, 0.4) is 0 Å². The Labute approximate surface area is 96.7 Å². The lowest BCUT2D eigenvalue weighted by atomic mass is 10.1. The number of aromatic nitrogens is 2. The highest BCUT2D eigenvalue weighted by Crippen LogP contribution is 2.29. The average Bonchev–Trinajstić information content (AvgIpc) is 2.73. The van der Waals surface area contributed by atoms with Crippen LogP contribution in [0.1, 0.15) is 0 Å². The van der Waals surface area contributed by atoms with Crippen LogP contribution in [-0.4, -0.2) is 9.97 Å². The molecule has 3 heterocycles. The Bertz CT molecular complexity index is 842. The summed E-state index contributed by atoms with van der Waals surface area (Å²) < 4.78 is 5.71. The summed E-state index contributed by atoms with van der Waals surface area (Å²) in [5, 5.41) is 3.17. The Morgan fingerprint density at radius 2 is 1.88 bits per heavy atom. The van der Waals surface area contributed by atoms with Gasteiger partial charge in [0.1, 0.15) is 5.58 Å². The standard InChI is InChI=1S/C14H8N2O/c1-2-6-12-10(5-1)11-8-9-4-3-7-15-13(9)16-14(11)17-12/h1-8H. The van der Waals surface area contributed by atoms with Crippen LogP contribution >= 0.6 is 0 Å². The maximum atomic E-state index is 5.71. The molecular formula is C14H8N2O. The summed E-state index contributed by atoms with van der Waals surface area (Å²) >= 11 is 0. The molecular weight excluding hydrogens is 212 g/mol. The van der Waals surface area contributed by atoms with Gasteiger partial charge in [-0.05, 0) is 24.3 Å². The highest BCUT2D eigenvalue weighted by molar-refractivity contribution is 6.06. The van der Waals surface area contributed by atoms with Crippen LogP contribution in [0.4, 0.5) is 0 Å². The largest absolute Gasteiger partial charge is 0.438 e. The monoisotopic (exact) mass is 220 g/mol. The van der Waals surface area contributed by atoms with Gasteiger partial charge in [-0.1, -0.05) is 18.2 Å². The van der Waals surface area contributed by atoms with Crippen molar-refractivity contribution in [1.29, 1.82) is 0 Å². The summed E-state index contributed by atoms with van der Waals surface area (Å²) in [5.41, 5.74) is 2.24. The molecule has 1 aromatic carbocycles. The van der Waals surface area contributed by atoms with Crippen LogP contribution in [-0.2, 0) is 0 Å². The fourth-order valence-electron chi connectivity index (χ4n) is 2.14. The SMILES string of the molecule is c1cnc2nc3oc4ccccc4c3cc2c1. The van der Waals surface area contributed by atoms with E-state index in [1.54, 1.807) is 6.20 Å². The number of hydrogen-bond acceptors (Lipinski definition) is 3. The molecule has 0 spiro atoms. The number of fused-ring (bicyclic) bond motifs is 4. The maximum Gasteiger partial charge on any atom is 0.229 e. The van der Waals surface area contributed by atoms with Crippen LogP contribution in [0.5, 0.6) is 0 Å². The van der Waals surface area contributed by atoms with E-state index in [2.05, 4.69) is 16.0 Å². The summed E-state index contributed by atoms with van der Waals surface area (Å²) in [5.74, 6) is 0. The van der Waals surface area contributed by atoms with Crippen LogP contribution in [0.25, 0.3) is 33.1 Å². The lowest BCUT2D eigenvalue weighted by Gasteiger charge is -1.94. The van der Waals surface area contributed by atoms with Gasteiger partial charge in [-0.25, -0.2) is 4.98 Å². The molecule has 0 radical (unpaired) electrons. The number of nitrogens with zero attached hydrogens (tertiary/aromatic N) is 2. The predicted molar refractivity (Wildman–Crippen MR) is 66.8 cm³/mol. The fourth-order valence-corrected chi connectivity index (χ4v) is 2.14. The second kappa shape index (κ2) is 3.04. The van der Waals surface area contributed by atoms with Crippen molar-refractivity contribution in [2.75, 3.05) is 0 Å². The van der Waals surface area contributed by atoms with Crippen LogP contribution < -0.4 is 0 Å². The van der Waals surface area contributed by atoms with Gasteiger partial charge in [0, 0.05) is 22.4 Å². The first kappa shape index (κ1) is 8.70. The molecule has 80 valence electrons. The summed E-state index contributed by atoms with van der Waals surface area (Å²) in [7, 11) is 0. The van der Waals surface area contributed by atoms with E-state index in [-0.39, 0.29) is 0 Å². The number of benzene rings is 1. The lowest BCUT2D eigenvalue weighted by Crippen LogP contribution is -1.82. The first-order chi connectivity index (χ1) is 8.42. The van der Waals surface area contributed by atoms with Crippen molar-refractivity contribution in [1.82, 2.24) is 9.97 Å². The highest BCUT2D eigenvalue weighted by Gasteiger charge is 2.08. The third-order valence-corrected chi connectivity index (χ3v) is 2.94. The van der Waals surface area contributed by atoms with E-state index in [9.17, 15) is 0 Å². The Morgan fingerprint density at radius 3 is 2.88 bits per heavy atom. The first-order valence-electron chi connectivity index (χ1n) is 5.45. The maximum absolute atomic E-state index is 5.71. The molecule has 3 aromatic heterocycles. The average molecular weight is 220 g/mol. The molecule has 0 aliphatic rings. The van der Waals surface area contributed by atoms with Gasteiger partial charge in [-0.15, -0.1) is 0 Å². The van der Waals surface area contributed by atoms with Crippen LogP contribution in [0, 0.1) is 0 Å². The Hall–Kier alpha value is -2.42. The van der Waals surface area contributed by atoms with E-state index in [1.807, 2.05) is 36.4 Å². The van der Waals surface area contributed by atoms with Gasteiger partial charge in [0.15, 0.2) is 5.65 Å². The molecule has 0 aliphatic carbocycles. The summed E-state index contributed by atoms with van der Waals surface area (Å²) in [6, 6.07) is 14.0. The van der Waals surface area contributed by atoms with E-state index in [0.717, 1.165) is 27.4 Å². The molecule has 0 saturated heterocycles. The van der Waals surface area contributed by atoms with Crippen molar-refractivity contribution < 1.29 is 4.42 Å². The third-order valence-electron chi connectivity index (χ3n) is 2.94. The normalized spacial score (nSPS) is 11.5. The predicted octanol–water partition coefficient (Wildman–Crippen LogP) is 3.53. The molecule has 4 rings (SSSR count). The number of pyridine rings is 2. The molecule has 0 bridgehead atoms. The van der Waals surface area contributed by atoms with Gasteiger partial charge in [0.2, 0.25) is 5.71 Å². The summed E-state index contributed by atoms with van der Waals surface area (Å²) in [6.07, 6.45) is 1.74. The van der Waals surface area contributed by atoms with E-state index in [4.69, 9.17) is 4.42 Å². The number of para-hydroxylation sites is 1. The zero-order valence-corrected chi connectivity index (χ0v) is 8.92. The van der Waals surface area contributed by atoms with Crippen molar-refractivity contribution >= 4 is 33.1 Å². The van der Waals surface area contributed by atoms with Crippen molar-refractivity contribution in [3.05, 3.63) is 48.7 Å². The van der Waals surface area contributed by atoms with E-state index in [0.29, 0.717) is 5.71 Å². The number of hydrogen-bond donors (Lipinski definition) is 0. The molecule has 4 aromatic rings. The molecule has 0 unspecified atom stereocenters. The molecule has 0 saturated carbocycles. The van der Waals surface area contributed by atoms with Crippen LogP contribution in [0.15, 0.2) is 53.1 Å². The summed E-state index contributed by atoms with van der Waals surface area (Å²) in [6.45, 7) is 0. The lowest BCUT2D eigenvalue weighted by molar-refractivity contribution is 0.655. The molecule has 17 heavy (non-hydrogen) atoms. The molecule has 0 atom stereocenters. The van der Waals surface area contributed by atoms with E-state index < -0.39 is 0 Å². The zero-order valence-electron chi connectivity index (χ0n) is 8.92. The quantitative estimate of drug-likeness (QED) is 0.455. The number of furan rings is 1. The van der Waals surface area contributed by atoms with Gasteiger partial charge < -0.3 is 4.42 Å². The van der Waals surface area contributed by atoms with E-state index in [1.165, 1.54) is 0 Å². The van der Waals surface area contributed by atoms with Crippen LogP contribution in [0.2, 0.25) is 0 Å². The van der Waals surface area contributed by atoms with Crippen molar-refractivity contribution in [3.8, 4) is 0 Å². The molecule has 0 fully saturated rings. The molecule has 3 nitrogen and oxygen atoms in total. The Balaban J connectivity index is 2.28. The first-order valence-corrected chi connectivity index (χ1v) is 5.45. The Kier molecular flexibility index (Phi) is 1.56. The van der Waals surface area contributed by atoms with Crippen molar-refractivity contribution in [2.24, 2.45) is 0 Å². The third kappa shape index (κ3) is 1.16. The molecule has 0 N–H and O–H groups in total. The highest BCUT2D eigenvalue weighted by atomic mass is 16.3. The fraction of sp³-hybridized carbons (Fsp3) is 0. The topological polar surface area (TPSA) is 38.9 Å². The van der Waals surface area contributed by atoms with Gasteiger partial charge in [-0.2, -0.15) is 4.98 Å². The minimum atomic E-state index is 0.650. The number of rotatable bonds is 0. The molecule has 3 heteroatoms. The van der Waals surface area contributed by atoms with Gasteiger partial charge in [0.25, 0.3) is 0 Å². The van der Waals surface area contributed by atoms with E-state index >= 15 is 0 Å². The molecule has 0 aliphatic heterocycles. The zero-order chi connectivity index (χ0) is 11.2. The van der Waals surface area contributed by atoms with Gasteiger partial charge in [-0.3, -0.25) is 0 Å². The minimum absolute atomic E-state index is 0.650. The van der Waals surface area contributed by atoms with Gasteiger partial charge >= 0.3 is 0 Å². The second-order valence-electron chi connectivity index (χ2n) is 3.99. The minimum Gasteiger partial charge on any atom is -0.438 e. The summed E-state index contributed by atoms with van der Waals surface area (Å²) in [4.78, 5) is 8.67. The smallest absolute Gasteiger partial charge is 0.229 e. The van der Waals surface area contributed by atoms with Crippen molar-refractivity contribution in [2.45, 2.75) is 0 Å². The second-order valence-corrected chi connectivity index (χ2v) is 3.99. The van der Waals surface area contributed by atoms with Gasteiger partial charge in [0.05, 0.1) is 0 Å². The molecule has 0 amide bonds. The van der Waals surface area contributed by atoms with Crippen molar-refractivity contribution in [3.63, 3.8) is 0 Å². The Morgan fingerprint density at radius 1 is 0.941 bits per heavy atom.